The van der Waals surface area contributed by atoms with E-state index in [2.05, 4.69) is 19.3 Å². The zero-order chi connectivity index (χ0) is 15.5. The summed E-state index contributed by atoms with van der Waals surface area (Å²) < 4.78 is 0. The third kappa shape index (κ3) is 3.82. The minimum absolute atomic E-state index is 0.156. The van der Waals surface area contributed by atoms with Crippen LogP contribution in [0.1, 0.15) is 49.0 Å². The van der Waals surface area contributed by atoms with Crippen LogP contribution in [0.3, 0.4) is 0 Å². The number of rotatable bonds is 3. The van der Waals surface area contributed by atoms with Gasteiger partial charge in [-0.1, -0.05) is 32.0 Å². The number of nitrogens with one attached hydrogen (secondary N) is 1. The quantitative estimate of drug-likeness (QED) is 0.506. The summed E-state index contributed by atoms with van der Waals surface area (Å²) in [5, 5.41) is 0. The number of nitrogens with zero attached hydrogens (tertiary/aromatic N) is 1. The van der Waals surface area contributed by atoms with E-state index in [1.165, 1.54) is 0 Å². The molecule has 5 nitrogen and oxygen atoms in total. The molecule has 1 saturated heterocycles. The molecule has 0 saturated carbocycles. The van der Waals surface area contributed by atoms with Crippen LogP contribution in [0.5, 0.6) is 0 Å². The molecule has 1 heterocycles. The molecule has 2 amide bonds. The van der Waals surface area contributed by atoms with Crippen molar-refractivity contribution in [1.29, 1.82) is 0 Å². The van der Waals surface area contributed by atoms with Gasteiger partial charge in [0.1, 0.15) is 0 Å². The topological polar surface area (TPSA) is 75.4 Å². The summed E-state index contributed by atoms with van der Waals surface area (Å²) in [7, 11) is 0. The van der Waals surface area contributed by atoms with Crippen molar-refractivity contribution in [3.8, 4) is 0 Å². The Balaban J connectivity index is 2.18. The van der Waals surface area contributed by atoms with Crippen molar-refractivity contribution in [1.82, 2.24) is 10.3 Å². The first-order valence-electron chi connectivity index (χ1n) is 7.29. The molecule has 3 N–H and O–H groups in total. The third-order valence-corrected chi connectivity index (χ3v) is 4.18. The van der Waals surface area contributed by atoms with Gasteiger partial charge >= 0.3 is 0 Å². The smallest absolute Gasteiger partial charge is 0.265 e. The molecule has 114 valence electrons. The molecule has 0 atom stereocenters. The number of nitrogen functional groups attached to an aromatic ring is 1. The van der Waals surface area contributed by atoms with Crippen LogP contribution in [-0.2, 0) is 11.3 Å². The standard InChI is InChI=1S/C16H23N3O2/c1-16(2)8-7-14(20)19(10-9-16)11-12-5-3-4-6-13(12)15(21)18-17/h3-6H,7-11,17H2,1-2H3,(H,18,21). The Morgan fingerprint density at radius 1 is 1.33 bits per heavy atom. The molecular weight excluding hydrogens is 266 g/mol. The number of nitrogens with two attached hydrogens (primary N) is 1. The van der Waals surface area contributed by atoms with Crippen molar-refractivity contribution in [3.63, 3.8) is 0 Å². The predicted molar refractivity (Wildman–Crippen MR) is 81.1 cm³/mol. The average molecular weight is 289 g/mol. The van der Waals surface area contributed by atoms with E-state index in [0.717, 1.165) is 24.9 Å². The fourth-order valence-electron chi connectivity index (χ4n) is 2.62. The van der Waals surface area contributed by atoms with Crippen LogP contribution >= 0.6 is 0 Å². The van der Waals surface area contributed by atoms with E-state index in [1.807, 2.05) is 17.0 Å². The first-order chi connectivity index (χ1) is 9.93. The van der Waals surface area contributed by atoms with Crippen molar-refractivity contribution < 1.29 is 9.59 Å². The molecule has 0 bridgehead atoms. The van der Waals surface area contributed by atoms with E-state index < -0.39 is 0 Å². The van der Waals surface area contributed by atoms with Crippen LogP contribution in [0.25, 0.3) is 0 Å². The molecule has 0 unspecified atom stereocenters. The van der Waals surface area contributed by atoms with Gasteiger partial charge in [-0.05, 0) is 29.9 Å². The van der Waals surface area contributed by atoms with Crippen LogP contribution in [0, 0.1) is 5.41 Å². The monoisotopic (exact) mass is 289 g/mol. The van der Waals surface area contributed by atoms with Gasteiger partial charge in [0.2, 0.25) is 5.91 Å². The Morgan fingerprint density at radius 3 is 2.76 bits per heavy atom. The van der Waals surface area contributed by atoms with Gasteiger partial charge in [0, 0.05) is 25.1 Å². The number of likely N-dealkylation sites (tertiary alicyclic amines) is 1. The first-order valence-corrected chi connectivity index (χ1v) is 7.29. The summed E-state index contributed by atoms with van der Waals surface area (Å²) in [6.07, 6.45) is 2.45. The Morgan fingerprint density at radius 2 is 2.05 bits per heavy atom. The molecule has 2 rings (SSSR count). The molecule has 1 aliphatic heterocycles. The van der Waals surface area contributed by atoms with Crippen LogP contribution in [0.4, 0.5) is 0 Å². The lowest BCUT2D eigenvalue weighted by atomic mass is 9.85. The maximum absolute atomic E-state index is 12.3. The third-order valence-electron chi connectivity index (χ3n) is 4.18. The molecule has 1 aliphatic rings. The molecule has 0 radical (unpaired) electrons. The lowest BCUT2D eigenvalue weighted by molar-refractivity contribution is -0.131. The summed E-state index contributed by atoms with van der Waals surface area (Å²) >= 11 is 0. The lowest BCUT2D eigenvalue weighted by Gasteiger charge is -2.24. The second-order valence-electron chi connectivity index (χ2n) is 6.36. The average Bonchev–Trinajstić information content (AvgIpc) is 2.60. The molecule has 1 fully saturated rings. The van der Waals surface area contributed by atoms with Gasteiger partial charge in [-0.15, -0.1) is 0 Å². The second-order valence-corrected chi connectivity index (χ2v) is 6.36. The summed E-state index contributed by atoms with van der Waals surface area (Å²) in [5.41, 5.74) is 3.70. The number of carbonyl (C=O) groups excluding carboxylic acids is 2. The van der Waals surface area contributed by atoms with Crippen LogP contribution in [0.2, 0.25) is 0 Å². The summed E-state index contributed by atoms with van der Waals surface area (Å²) in [4.78, 5) is 25.9. The van der Waals surface area contributed by atoms with E-state index in [4.69, 9.17) is 5.84 Å². The zero-order valence-corrected chi connectivity index (χ0v) is 12.7. The molecule has 1 aromatic carbocycles. The number of hydrogen-bond donors (Lipinski definition) is 2. The van der Waals surface area contributed by atoms with Crippen molar-refractivity contribution in [2.75, 3.05) is 6.54 Å². The largest absolute Gasteiger partial charge is 0.338 e. The summed E-state index contributed by atoms with van der Waals surface area (Å²) in [6.45, 7) is 5.57. The molecule has 1 aromatic rings. The van der Waals surface area contributed by atoms with Gasteiger partial charge < -0.3 is 4.90 Å². The van der Waals surface area contributed by atoms with Gasteiger partial charge in [0.05, 0.1) is 0 Å². The maximum atomic E-state index is 12.3. The highest BCUT2D eigenvalue weighted by Crippen LogP contribution is 2.31. The van der Waals surface area contributed by atoms with E-state index in [0.29, 0.717) is 18.5 Å². The Bertz CT molecular complexity index is 540. The zero-order valence-electron chi connectivity index (χ0n) is 12.7. The lowest BCUT2D eigenvalue weighted by Crippen LogP contribution is -2.33. The normalized spacial score (nSPS) is 18.2. The fraction of sp³-hybridized carbons (Fsp3) is 0.500. The number of amides is 2. The first kappa shape index (κ1) is 15.5. The van der Waals surface area contributed by atoms with Crippen molar-refractivity contribution in [2.24, 2.45) is 11.3 Å². The minimum atomic E-state index is -0.326. The number of hydrazine groups is 1. The Labute approximate surface area is 125 Å². The van der Waals surface area contributed by atoms with E-state index in [-0.39, 0.29) is 17.2 Å². The van der Waals surface area contributed by atoms with Gasteiger partial charge in [0.15, 0.2) is 0 Å². The van der Waals surface area contributed by atoms with Crippen molar-refractivity contribution in [2.45, 2.75) is 39.7 Å². The number of hydrogen-bond acceptors (Lipinski definition) is 3. The Hall–Kier alpha value is -1.88. The van der Waals surface area contributed by atoms with Crippen molar-refractivity contribution in [3.05, 3.63) is 35.4 Å². The van der Waals surface area contributed by atoms with E-state index in [9.17, 15) is 9.59 Å². The minimum Gasteiger partial charge on any atom is -0.338 e. The Kier molecular flexibility index (Phi) is 4.63. The van der Waals surface area contributed by atoms with Gasteiger partial charge in [-0.25, -0.2) is 5.84 Å². The van der Waals surface area contributed by atoms with E-state index in [1.54, 1.807) is 12.1 Å². The van der Waals surface area contributed by atoms with Crippen molar-refractivity contribution >= 4 is 11.8 Å². The fourth-order valence-corrected chi connectivity index (χ4v) is 2.62. The van der Waals surface area contributed by atoms with Gasteiger partial charge in [0.25, 0.3) is 5.91 Å². The van der Waals surface area contributed by atoms with Crippen LogP contribution in [-0.4, -0.2) is 23.3 Å². The molecule has 0 aromatic heterocycles. The maximum Gasteiger partial charge on any atom is 0.265 e. The van der Waals surface area contributed by atoms with Gasteiger partial charge in [-0.2, -0.15) is 0 Å². The highest BCUT2D eigenvalue weighted by molar-refractivity contribution is 5.95. The summed E-state index contributed by atoms with van der Waals surface area (Å²) in [5.74, 6) is 5.04. The summed E-state index contributed by atoms with van der Waals surface area (Å²) in [6, 6.07) is 7.26. The molecule has 0 spiro atoms. The molecule has 0 aliphatic carbocycles. The highest BCUT2D eigenvalue weighted by Gasteiger charge is 2.27. The molecule has 5 heteroatoms. The van der Waals surface area contributed by atoms with E-state index >= 15 is 0 Å². The van der Waals surface area contributed by atoms with Gasteiger partial charge in [-0.3, -0.25) is 15.0 Å². The highest BCUT2D eigenvalue weighted by atomic mass is 16.2. The van der Waals surface area contributed by atoms with Crippen LogP contribution < -0.4 is 11.3 Å². The van der Waals surface area contributed by atoms with Crippen LogP contribution in [0.15, 0.2) is 24.3 Å². The second kappa shape index (κ2) is 6.26. The number of carbonyl (C=O) groups is 2. The molecular formula is C16H23N3O2. The SMILES string of the molecule is CC1(C)CCC(=O)N(Cc2ccccc2C(=O)NN)CC1. The predicted octanol–water partition coefficient (Wildman–Crippen LogP) is 1.83. The number of benzene rings is 1. The molecule has 21 heavy (non-hydrogen) atoms.